The fourth-order valence-corrected chi connectivity index (χ4v) is 5.10. The number of benzene rings is 3. The third kappa shape index (κ3) is 8.56. The van der Waals surface area contributed by atoms with Gasteiger partial charge in [0.1, 0.15) is 18.0 Å². The Kier molecular flexibility index (Phi) is 9.48. The molecule has 0 aromatic heterocycles. The molecule has 3 aromatic rings. The van der Waals surface area contributed by atoms with Crippen molar-refractivity contribution in [1.29, 1.82) is 0 Å². The second-order valence-corrected chi connectivity index (χ2v) is 12.9. The second-order valence-electron chi connectivity index (χ2n) is 11.3. The molecule has 3 aromatic carbocycles. The van der Waals surface area contributed by atoms with Crippen LogP contribution in [-0.2, 0) is 21.5 Å². The van der Waals surface area contributed by atoms with Gasteiger partial charge in [0.05, 0.1) is 0 Å². The number of nitrogens with one attached hydrogen (secondary N) is 1. The average Bonchev–Trinajstić information content (AvgIpc) is 2.91. The van der Waals surface area contributed by atoms with Crippen LogP contribution in [0.5, 0.6) is 11.5 Å². The largest absolute Gasteiger partial charge is 0.534 e. The number of alkyl carbamates (subject to hydrolysis) is 1. The first-order valence-electron chi connectivity index (χ1n) is 13.8. The molecule has 12 heteroatoms. The molecule has 4 rings (SSSR count). The first-order valence-corrected chi connectivity index (χ1v) is 15.2. The Balaban J connectivity index is 1.62. The highest BCUT2D eigenvalue weighted by Gasteiger charge is 2.49. The molecular formula is C31H35F3N2O6S. The normalized spacial score (nSPS) is 14.7. The number of amides is 1. The van der Waals surface area contributed by atoms with E-state index in [4.69, 9.17) is 13.7 Å². The number of piperidine rings is 1. The molecule has 0 aliphatic carbocycles. The quantitative estimate of drug-likeness (QED) is 0.215. The Morgan fingerprint density at radius 2 is 1.56 bits per heavy atom. The molecule has 0 atom stereocenters. The number of anilines is 1. The molecular weight excluding hydrogens is 585 g/mol. The number of hydrogen-bond acceptors (Lipinski definition) is 7. The standard InChI is InChI=1S/C31H35F3N2O6S/c1-21-10-12-25(27(18-21)40-20-22-8-6-5-7-9-22)26-13-11-24(19-28(26)42-43(38,39)31(32,33)34)36-16-14-23(15-17-36)35-29(37)41-30(2,3)4/h5-13,18-19,23H,14-17,20H2,1-4H3,(H,35,37). The zero-order valence-electron chi connectivity index (χ0n) is 24.4. The smallest absolute Gasteiger partial charge is 0.488 e. The van der Waals surface area contributed by atoms with Gasteiger partial charge in [-0.15, -0.1) is 0 Å². The highest BCUT2D eigenvalue weighted by Crippen LogP contribution is 2.41. The van der Waals surface area contributed by atoms with E-state index in [9.17, 15) is 26.4 Å². The van der Waals surface area contributed by atoms with Crippen LogP contribution in [0.15, 0.2) is 66.7 Å². The van der Waals surface area contributed by atoms with E-state index in [-0.39, 0.29) is 18.2 Å². The van der Waals surface area contributed by atoms with Gasteiger partial charge in [0.15, 0.2) is 5.75 Å². The van der Waals surface area contributed by atoms with Crippen molar-refractivity contribution in [2.45, 2.75) is 64.3 Å². The molecule has 1 amide bonds. The molecule has 0 spiro atoms. The van der Waals surface area contributed by atoms with Crippen molar-refractivity contribution in [2.24, 2.45) is 0 Å². The van der Waals surface area contributed by atoms with E-state index in [0.29, 0.717) is 42.9 Å². The Morgan fingerprint density at radius 1 is 0.930 bits per heavy atom. The highest BCUT2D eigenvalue weighted by molar-refractivity contribution is 7.88. The van der Waals surface area contributed by atoms with Crippen molar-refractivity contribution in [2.75, 3.05) is 18.0 Å². The summed E-state index contributed by atoms with van der Waals surface area (Å²) in [4.78, 5) is 14.1. The van der Waals surface area contributed by atoms with Crippen molar-refractivity contribution in [3.05, 3.63) is 77.9 Å². The number of nitrogens with zero attached hydrogens (tertiary/aromatic N) is 1. The van der Waals surface area contributed by atoms with Crippen molar-refractivity contribution in [1.82, 2.24) is 5.32 Å². The maximum absolute atomic E-state index is 13.4. The van der Waals surface area contributed by atoms with E-state index in [0.717, 1.165) is 11.1 Å². The molecule has 0 saturated carbocycles. The first kappa shape index (κ1) is 32.0. The van der Waals surface area contributed by atoms with Gasteiger partial charge >= 0.3 is 21.7 Å². The van der Waals surface area contributed by atoms with Crippen molar-refractivity contribution in [3.63, 3.8) is 0 Å². The molecule has 0 unspecified atom stereocenters. The number of carbonyl (C=O) groups is 1. The molecule has 1 heterocycles. The third-order valence-corrected chi connectivity index (χ3v) is 7.66. The molecule has 1 aliphatic rings. The minimum Gasteiger partial charge on any atom is -0.488 e. The van der Waals surface area contributed by atoms with E-state index in [1.807, 2.05) is 42.2 Å². The maximum Gasteiger partial charge on any atom is 0.534 e. The van der Waals surface area contributed by atoms with Gasteiger partial charge in [0.25, 0.3) is 0 Å². The lowest BCUT2D eigenvalue weighted by molar-refractivity contribution is -0.0499. The van der Waals surface area contributed by atoms with Crippen molar-refractivity contribution < 1.29 is 40.0 Å². The highest BCUT2D eigenvalue weighted by atomic mass is 32.2. The summed E-state index contributed by atoms with van der Waals surface area (Å²) in [7, 11) is -5.96. The number of carbonyl (C=O) groups excluding carboxylic acids is 1. The SMILES string of the molecule is Cc1ccc(-c2ccc(N3CCC(NC(=O)OC(C)(C)C)CC3)cc2OS(=O)(=O)C(F)(F)F)c(OCc2ccccc2)c1. The van der Waals surface area contributed by atoms with Crippen LogP contribution in [0.25, 0.3) is 11.1 Å². The van der Waals surface area contributed by atoms with Gasteiger partial charge in [-0.2, -0.15) is 21.6 Å². The first-order chi connectivity index (χ1) is 20.1. The maximum atomic E-state index is 13.4. The Hall–Kier alpha value is -3.93. The summed E-state index contributed by atoms with van der Waals surface area (Å²) < 4.78 is 80.6. The fraction of sp³-hybridized carbons (Fsp3) is 0.387. The predicted octanol–water partition coefficient (Wildman–Crippen LogP) is 6.96. The molecule has 1 saturated heterocycles. The van der Waals surface area contributed by atoms with Gasteiger partial charge in [-0.05, 0) is 69.9 Å². The number of hydrogen-bond donors (Lipinski definition) is 1. The molecule has 1 aliphatic heterocycles. The minimum absolute atomic E-state index is 0.126. The second kappa shape index (κ2) is 12.7. The number of alkyl halides is 3. The molecule has 8 nitrogen and oxygen atoms in total. The molecule has 0 radical (unpaired) electrons. The molecule has 1 N–H and O–H groups in total. The summed E-state index contributed by atoms with van der Waals surface area (Å²) in [6.07, 6.45) is 0.577. The summed E-state index contributed by atoms with van der Waals surface area (Å²) in [6, 6.07) is 18.9. The zero-order valence-corrected chi connectivity index (χ0v) is 25.2. The topological polar surface area (TPSA) is 94.2 Å². The zero-order chi connectivity index (χ0) is 31.4. The van der Waals surface area contributed by atoms with Crippen LogP contribution in [0, 0.1) is 6.92 Å². The minimum atomic E-state index is -5.96. The van der Waals surface area contributed by atoms with Crippen LogP contribution in [0.2, 0.25) is 0 Å². The summed E-state index contributed by atoms with van der Waals surface area (Å²) in [5.41, 5.74) is -3.55. The van der Waals surface area contributed by atoms with Gasteiger partial charge in [-0.25, -0.2) is 4.79 Å². The van der Waals surface area contributed by atoms with Crippen molar-refractivity contribution >= 4 is 21.9 Å². The molecule has 0 bridgehead atoms. The van der Waals surface area contributed by atoms with Crippen LogP contribution in [0.1, 0.15) is 44.7 Å². The van der Waals surface area contributed by atoms with Crippen LogP contribution in [0.3, 0.4) is 0 Å². The Labute approximate surface area is 249 Å². The van der Waals surface area contributed by atoms with Gasteiger partial charge in [0.2, 0.25) is 0 Å². The van der Waals surface area contributed by atoms with E-state index in [1.165, 1.54) is 12.1 Å². The van der Waals surface area contributed by atoms with E-state index in [1.54, 1.807) is 45.0 Å². The van der Waals surface area contributed by atoms with Crippen LogP contribution >= 0.6 is 0 Å². The van der Waals surface area contributed by atoms with Gasteiger partial charge in [-0.1, -0.05) is 42.5 Å². The lowest BCUT2D eigenvalue weighted by Gasteiger charge is -2.34. The van der Waals surface area contributed by atoms with Crippen LogP contribution < -0.4 is 19.1 Å². The van der Waals surface area contributed by atoms with Crippen LogP contribution in [0.4, 0.5) is 23.7 Å². The van der Waals surface area contributed by atoms with E-state index >= 15 is 0 Å². The summed E-state index contributed by atoms with van der Waals surface area (Å²) in [5.74, 6) is -0.114. The fourth-order valence-electron chi connectivity index (χ4n) is 4.63. The summed E-state index contributed by atoms with van der Waals surface area (Å²) >= 11 is 0. The third-order valence-electron chi connectivity index (χ3n) is 6.69. The number of rotatable bonds is 8. The Bertz CT molecular complexity index is 1530. The van der Waals surface area contributed by atoms with Gasteiger partial charge in [0, 0.05) is 42.0 Å². The summed E-state index contributed by atoms with van der Waals surface area (Å²) in [6.45, 7) is 8.27. The predicted molar refractivity (Wildman–Crippen MR) is 158 cm³/mol. The molecule has 1 fully saturated rings. The number of halogens is 3. The van der Waals surface area contributed by atoms with Gasteiger partial charge < -0.3 is 23.9 Å². The van der Waals surface area contributed by atoms with Crippen LogP contribution in [-0.4, -0.2) is 44.8 Å². The number of aryl methyl sites for hydroxylation is 1. The number of ether oxygens (including phenoxy) is 2. The van der Waals surface area contributed by atoms with E-state index < -0.39 is 33.1 Å². The average molecular weight is 621 g/mol. The summed E-state index contributed by atoms with van der Waals surface area (Å²) in [5, 5.41) is 2.84. The monoisotopic (exact) mass is 620 g/mol. The lowest BCUT2D eigenvalue weighted by Crippen LogP contribution is -2.46. The van der Waals surface area contributed by atoms with E-state index in [2.05, 4.69) is 5.32 Å². The molecule has 43 heavy (non-hydrogen) atoms. The lowest BCUT2D eigenvalue weighted by atomic mass is 10.00. The van der Waals surface area contributed by atoms with Crippen molar-refractivity contribution in [3.8, 4) is 22.6 Å². The van der Waals surface area contributed by atoms with Gasteiger partial charge in [-0.3, -0.25) is 0 Å². The molecule has 232 valence electrons. The Morgan fingerprint density at radius 3 is 2.19 bits per heavy atom.